The van der Waals surface area contributed by atoms with Gasteiger partial charge in [-0.15, -0.1) is 0 Å². The number of anilines is 1. The normalized spacial score (nSPS) is 10.2. The largest absolute Gasteiger partial charge is 0.497 e. The maximum Gasteiger partial charge on any atom is 0.271 e. The average Bonchev–Trinajstić information content (AvgIpc) is 2.44. The van der Waals surface area contributed by atoms with Gasteiger partial charge in [0.15, 0.2) is 5.82 Å². The highest BCUT2D eigenvalue weighted by Gasteiger charge is 2.04. The topological polar surface area (TPSA) is 67.0 Å². The molecule has 1 aromatic heterocycles. The number of aromatic amines is 1. The number of rotatable bonds is 5. The van der Waals surface area contributed by atoms with Crippen molar-refractivity contribution in [2.45, 2.75) is 6.42 Å². The Morgan fingerprint density at radius 3 is 2.79 bits per heavy atom. The molecule has 0 saturated carbocycles. The first-order chi connectivity index (χ1) is 9.20. The average molecular weight is 280 g/mol. The number of hydrogen-bond donors (Lipinski definition) is 2. The number of benzene rings is 1. The smallest absolute Gasteiger partial charge is 0.271 e. The third-order valence-electron chi connectivity index (χ3n) is 2.66. The van der Waals surface area contributed by atoms with Crippen LogP contribution in [-0.2, 0) is 6.42 Å². The maximum absolute atomic E-state index is 11.3. The Bertz CT molecular complexity index is 596. The summed E-state index contributed by atoms with van der Waals surface area (Å²) in [7, 11) is 1.64. The van der Waals surface area contributed by atoms with E-state index in [1.54, 1.807) is 7.11 Å². The summed E-state index contributed by atoms with van der Waals surface area (Å²) in [6.45, 7) is 0.641. The lowest BCUT2D eigenvalue weighted by atomic mass is 10.1. The minimum absolute atomic E-state index is 0.0808. The lowest BCUT2D eigenvalue weighted by Crippen LogP contribution is -2.13. The molecular formula is C13H14ClN3O2. The monoisotopic (exact) mass is 279 g/mol. The van der Waals surface area contributed by atoms with Gasteiger partial charge in [-0.1, -0.05) is 23.7 Å². The molecule has 2 rings (SSSR count). The summed E-state index contributed by atoms with van der Waals surface area (Å²) in [6.07, 6.45) is 2.12. The van der Waals surface area contributed by atoms with Crippen molar-refractivity contribution in [3.05, 3.63) is 51.5 Å². The molecule has 0 aliphatic rings. The molecule has 1 heterocycles. The van der Waals surface area contributed by atoms with Crippen LogP contribution in [0.25, 0.3) is 0 Å². The molecule has 5 nitrogen and oxygen atoms in total. The number of nitrogens with one attached hydrogen (secondary N) is 2. The first-order valence-corrected chi connectivity index (χ1v) is 6.18. The van der Waals surface area contributed by atoms with Crippen LogP contribution in [0.2, 0.25) is 5.02 Å². The minimum atomic E-state index is -0.344. The molecule has 0 radical (unpaired) electrons. The van der Waals surface area contributed by atoms with Gasteiger partial charge in [0, 0.05) is 6.54 Å². The van der Waals surface area contributed by atoms with Crippen LogP contribution in [0.15, 0.2) is 35.4 Å². The second-order valence-electron chi connectivity index (χ2n) is 3.92. The van der Waals surface area contributed by atoms with Gasteiger partial charge in [-0.05, 0) is 24.1 Å². The Labute approximate surface area is 115 Å². The van der Waals surface area contributed by atoms with E-state index in [1.807, 2.05) is 24.3 Å². The summed E-state index contributed by atoms with van der Waals surface area (Å²) >= 11 is 5.83. The SMILES string of the molecule is COc1ccc(CCNc2nc[nH]c(=O)c2Cl)cc1. The van der Waals surface area contributed by atoms with Gasteiger partial charge in [-0.2, -0.15) is 0 Å². The number of H-pyrrole nitrogens is 1. The summed E-state index contributed by atoms with van der Waals surface area (Å²) in [4.78, 5) is 17.6. The van der Waals surface area contributed by atoms with Crippen molar-refractivity contribution >= 4 is 17.4 Å². The Balaban J connectivity index is 1.92. The summed E-state index contributed by atoms with van der Waals surface area (Å²) in [6, 6.07) is 7.81. The third-order valence-corrected chi connectivity index (χ3v) is 3.01. The highest BCUT2D eigenvalue weighted by molar-refractivity contribution is 6.32. The molecule has 0 aliphatic heterocycles. The molecule has 6 heteroatoms. The molecular weight excluding hydrogens is 266 g/mol. The summed E-state index contributed by atoms with van der Waals surface area (Å²) < 4.78 is 5.09. The van der Waals surface area contributed by atoms with Crippen LogP contribution >= 0.6 is 11.6 Å². The zero-order chi connectivity index (χ0) is 13.7. The Hall–Kier alpha value is -2.01. The van der Waals surface area contributed by atoms with E-state index in [-0.39, 0.29) is 10.6 Å². The van der Waals surface area contributed by atoms with Crippen LogP contribution in [-0.4, -0.2) is 23.6 Å². The molecule has 1 aromatic carbocycles. The fourth-order valence-corrected chi connectivity index (χ4v) is 1.79. The Morgan fingerprint density at radius 1 is 1.37 bits per heavy atom. The maximum atomic E-state index is 11.3. The van der Waals surface area contributed by atoms with Gasteiger partial charge >= 0.3 is 0 Å². The predicted octanol–water partition coefficient (Wildman–Crippen LogP) is 2.09. The molecule has 0 spiro atoms. The Kier molecular flexibility index (Phi) is 4.41. The molecule has 0 bridgehead atoms. The summed E-state index contributed by atoms with van der Waals surface area (Å²) in [5.41, 5.74) is 0.817. The fraction of sp³-hybridized carbons (Fsp3) is 0.231. The molecule has 100 valence electrons. The van der Waals surface area contributed by atoms with Crippen LogP contribution < -0.4 is 15.6 Å². The van der Waals surface area contributed by atoms with Gasteiger partial charge in [0.2, 0.25) is 0 Å². The number of hydrogen-bond acceptors (Lipinski definition) is 4. The van der Waals surface area contributed by atoms with Gasteiger partial charge in [0.1, 0.15) is 10.8 Å². The zero-order valence-corrected chi connectivity index (χ0v) is 11.2. The highest BCUT2D eigenvalue weighted by atomic mass is 35.5. The third kappa shape index (κ3) is 3.48. The molecule has 19 heavy (non-hydrogen) atoms. The zero-order valence-electron chi connectivity index (χ0n) is 10.4. The van der Waals surface area contributed by atoms with Crippen LogP contribution in [0.5, 0.6) is 5.75 Å². The quantitative estimate of drug-likeness (QED) is 0.879. The van der Waals surface area contributed by atoms with Gasteiger partial charge in [0.25, 0.3) is 5.56 Å². The van der Waals surface area contributed by atoms with E-state index < -0.39 is 0 Å². The second kappa shape index (κ2) is 6.24. The molecule has 2 aromatic rings. The molecule has 0 aliphatic carbocycles. The van der Waals surface area contributed by atoms with Gasteiger partial charge in [0.05, 0.1) is 13.4 Å². The predicted molar refractivity (Wildman–Crippen MR) is 75.1 cm³/mol. The number of nitrogens with zero attached hydrogens (tertiary/aromatic N) is 1. The molecule has 0 unspecified atom stereocenters. The van der Waals surface area contributed by atoms with Crippen molar-refractivity contribution in [1.29, 1.82) is 0 Å². The lowest BCUT2D eigenvalue weighted by Gasteiger charge is -2.07. The number of methoxy groups -OCH3 is 1. The van der Waals surface area contributed by atoms with E-state index in [4.69, 9.17) is 16.3 Å². The number of aromatic nitrogens is 2. The van der Waals surface area contributed by atoms with E-state index in [0.717, 1.165) is 17.7 Å². The molecule has 2 N–H and O–H groups in total. The van der Waals surface area contributed by atoms with Crippen molar-refractivity contribution < 1.29 is 4.74 Å². The molecule has 0 fully saturated rings. The van der Waals surface area contributed by atoms with E-state index in [0.29, 0.717) is 12.4 Å². The van der Waals surface area contributed by atoms with Crippen LogP contribution in [0, 0.1) is 0 Å². The van der Waals surface area contributed by atoms with E-state index in [2.05, 4.69) is 15.3 Å². The minimum Gasteiger partial charge on any atom is -0.497 e. The van der Waals surface area contributed by atoms with E-state index in [9.17, 15) is 4.79 Å². The molecule has 0 atom stereocenters. The second-order valence-corrected chi connectivity index (χ2v) is 4.30. The van der Waals surface area contributed by atoms with E-state index >= 15 is 0 Å². The first-order valence-electron chi connectivity index (χ1n) is 5.80. The lowest BCUT2D eigenvalue weighted by molar-refractivity contribution is 0.414. The van der Waals surface area contributed by atoms with Crippen molar-refractivity contribution in [3.63, 3.8) is 0 Å². The van der Waals surface area contributed by atoms with Crippen LogP contribution in [0.1, 0.15) is 5.56 Å². The highest BCUT2D eigenvalue weighted by Crippen LogP contribution is 2.14. The van der Waals surface area contributed by atoms with Gasteiger partial charge in [-0.3, -0.25) is 4.79 Å². The van der Waals surface area contributed by atoms with Crippen LogP contribution in [0.3, 0.4) is 0 Å². The van der Waals surface area contributed by atoms with Gasteiger partial charge in [-0.25, -0.2) is 4.98 Å². The number of halogens is 1. The van der Waals surface area contributed by atoms with E-state index in [1.165, 1.54) is 6.33 Å². The van der Waals surface area contributed by atoms with Crippen molar-refractivity contribution in [2.24, 2.45) is 0 Å². The van der Waals surface area contributed by atoms with Crippen molar-refractivity contribution in [1.82, 2.24) is 9.97 Å². The van der Waals surface area contributed by atoms with Gasteiger partial charge < -0.3 is 15.0 Å². The van der Waals surface area contributed by atoms with Crippen molar-refractivity contribution in [2.75, 3.05) is 19.0 Å². The first kappa shape index (κ1) is 13.4. The number of ether oxygens (including phenoxy) is 1. The standard InChI is InChI=1S/C13H14ClN3O2/c1-19-10-4-2-9(3-5-10)6-7-15-12-11(14)13(18)17-8-16-12/h2-5,8H,6-7H2,1H3,(H2,15,16,17,18). The Morgan fingerprint density at radius 2 is 2.11 bits per heavy atom. The summed E-state index contributed by atoms with van der Waals surface area (Å²) in [5, 5.41) is 3.12. The fourth-order valence-electron chi connectivity index (χ4n) is 1.62. The van der Waals surface area contributed by atoms with Crippen molar-refractivity contribution in [3.8, 4) is 5.75 Å². The molecule has 0 amide bonds. The van der Waals surface area contributed by atoms with Crippen LogP contribution in [0.4, 0.5) is 5.82 Å². The molecule has 0 saturated heterocycles. The summed E-state index contributed by atoms with van der Waals surface area (Å²) in [5.74, 6) is 1.23.